The van der Waals surface area contributed by atoms with Crippen LogP contribution in [-0.2, 0) is 9.53 Å². The molecule has 0 aromatic heterocycles. The summed E-state index contributed by atoms with van der Waals surface area (Å²) in [5.74, 6) is 0.0367. The number of hydrogen-bond donors (Lipinski definition) is 0. The van der Waals surface area contributed by atoms with Crippen molar-refractivity contribution in [3.8, 4) is 0 Å². The van der Waals surface area contributed by atoms with E-state index in [4.69, 9.17) is 4.74 Å². The first-order valence-electron chi connectivity index (χ1n) is 9.71. The highest BCUT2D eigenvalue weighted by molar-refractivity contribution is 5.78. The van der Waals surface area contributed by atoms with Crippen molar-refractivity contribution >= 4 is 5.97 Å². The van der Waals surface area contributed by atoms with Gasteiger partial charge in [0.1, 0.15) is 5.60 Å². The predicted molar refractivity (Wildman–Crippen MR) is 98.5 cm³/mol. The Labute approximate surface area is 144 Å². The molecule has 0 saturated heterocycles. The highest BCUT2D eigenvalue weighted by atomic mass is 16.6. The van der Waals surface area contributed by atoms with Crippen LogP contribution in [-0.4, -0.2) is 11.6 Å². The Morgan fingerprint density at radius 3 is 1.87 bits per heavy atom. The van der Waals surface area contributed by atoms with E-state index in [1.807, 2.05) is 0 Å². The average molecular weight is 325 g/mol. The molecule has 2 nitrogen and oxygen atoms in total. The molecule has 0 radical (unpaired) electrons. The molecule has 0 N–H and O–H groups in total. The lowest BCUT2D eigenvalue weighted by Gasteiger charge is -2.47. The number of rotatable bonds is 8. The van der Waals surface area contributed by atoms with Crippen molar-refractivity contribution < 1.29 is 9.53 Å². The molecule has 1 saturated carbocycles. The van der Waals surface area contributed by atoms with Crippen LogP contribution >= 0.6 is 0 Å². The first kappa shape index (κ1) is 20.5. The summed E-state index contributed by atoms with van der Waals surface area (Å²) in [5.41, 5.74) is -0.552. The SMILES string of the molecule is CCC(C)(C)CC(C)(C(=O)OC1(CC)CCCC1)C(C)(C)CC. The molecule has 0 heterocycles. The lowest BCUT2D eigenvalue weighted by Crippen LogP contribution is -2.48. The van der Waals surface area contributed by atoms with E-state index < -0.39 is 5.41 Å². The molecule has 1 atom stereocenters. The summed E-state index contributed by atoms with van der Waals surface area (Å²) in [5, 5.41) is 0. The van der Waals surface area contributed by atoms with Crippen molar-refractivity contribution in [1.82, 2.24) is 0 Å². The van der Waals surface area contributed by atoms with Crippen molar-refractivity contribution in [2.75, 3.05) is 0 Å². The number of hydrogen-bond acceptors (Lipinski definition) is 2. The van der Waals surface area contributed by atoms with Gasteiger partial charge in [0.15, 0.2) is 0 Å². The van der Waals surface area contributed by atoms with Gasteiger partial charge in [-0.05, 0) is 62.7 Å². The molecule has 0 spiro atoms. The standard InChI is InChI=1S/C21H40O2/c1-9-18(4,5)16-20(8,19(6,7)10-2)17(22)23-21(11-3)14-12-13-15-21/h9-16H2,1-8H3. The van der Waals surface area contributed by atoms with Crippen LogP contribution in [0.25, 0.3) is 0 Å². The second-order valence-corrected chi connectivity index (χ2v) is 9.40. The Morgan fingerprint density at radius 1 is 0.957 bits per heavy atom. The third-order valence-corrected chi connectivity index (χ3v) is 7.09. The van der Waals surface area contributed by atoms with Crippen LogP contribution in [0.2, 0.25) is 0 Å². The number of carbonyl (C=O) groups is 1. The van der Waals surface area contributed by atoms with Crippen LogP contribution in [0, 0.1) is 16.2 Å². The van der Waals surface area contributed by atoms with Crippen LogP contribution in [0.5, 0.6) is 0 Å². The number of ether oxygens (including phenoxy) is 1. The fourth-order valence-corrected chi connectivity index (χ4v) is 3.92. The van der Waals surface area contributed by atoms with Gasteiger partial charge in [0.05, 0.1) is 5.41 Å². The van der Waals surface area contributed by atoms with Crippen molar-refractivity contribution in [2.24, 2.45) is 16.2 Å². The zero-order chi connectivity index (χ0) is 17.9. The Kier molecular flexibility index (Phi) is 6.38. The normalized spacial score (nSPS) is 21.0. The maximum Gasteiger partial charge on any atom is 0.312 e. The Morgan fingerprint density at radius 2 is 1.48 bits per heavy atom. The average Bonchev–Trinajstić information content (AvgIpc) is 2.95. The Balaban J connectivity index is 3.11. The fourth-order valence-electron chi connectivity index (χ4n) is 3.92. The van der Waals surface area contributed by atoms with Crippen LogP contribution in [0.15, 0.2) is 0 Å². The molecule has 23 heavy (non-hydrogen) atoms. The Hall–Kier alpha value is -0.530. The summed E-state index contributed by atoms with van der Waals surface area (Å²) in [6.07, 6.45) is 8.34. The molecule has 0 bridgehead atoms. The van der Waals surface area contributed by atoms with Gasteiger partial charge in [0, 0.05) is 0 Å². The van der Waals surface area contributed by atoms with Crippen molar-refractivity contribution in [3.05, 3.63) is 0 Å². The van der Waals surface area contributed by atoms with E-state index >= 15 is 0 Å². The minimum atomic E-state index is -0.438. The summed E-state index contributed by atoms with van der Waals surface area (Å²) in [6.45, 7) is 17.7. The minimum absolute atomic E-state index is 0.0367. The molecule has 136 valence electrons. The minimum Gasteiger partial charge on any atom is -0.459 e. The third-order valence-electron chi connectivity index (χ3n) is 7.09. The molecule has 1 aliphatic rings. The second kappa shape index (κ2) is 7.15. The zero-order valence-corrected chi connectivity index (χ0v) is 17.0. The molecular formula is C21H40O2. The van der Waals surface area contributed by atoms with Crippen molar-refractivity contribution in [3.63, 3.8) is 0 Å². The van der Waals surface area contributed by atoms with E-state index in [1.54, 1.807) is 0 Å². The lowest BCUT2D eigenvalue weighted by molar-refractivity contribution is -0.182. The maximum atomic E-state index is 13.4. The van der Waals surface area contributed by atoms with Crippen molar-refractivity contribution in [1.29, 1.82) is 0 Å². The molecule has 0 amide bonds. The van der Waals surface area contributed by atoms with Gasteiger partial charge in [-0.2, -0.15) is 0 Å². The van der Waals surface area contributed by atoms with Gasteiger partial charge in [0.2, 0.25) is 0 Å². The van der Waals surface area contributed by atoms with Gasteiger partial charge in [-0.25, -0.2) is 0 Å². The van der Waals surface area contributed by atoms with Gasteiger partial charge < -0.3 is 4.74 Å². The molecule has 0 aliphatic heterocycles. The van der Waals surface area contributed by atoms with Crippen LogP contribution in [0.3, 0.4) is 0 Å². The van der Waals surface area contributed by atoms with Crippen LogP contribution < -0.4 is 0 Å². The molecule has 0 aromatic rings. The zero-order valence-electron chi connectivity index (χ0n) is 17.0. The fraction of sp³-hybridized carbons (Fsp3) is 0.952. The quantitative estimate of drug-likeness (QED) is 0.475. The molecular weight excluding hydrogens is 284 g/mol. The van der Waals surface area contributed by atoms with Gasteiger partial charge in [-0.15, -0.1) is 0 Å². The van der Waals surface area contributed by atoms with E-state index in [1.165, 1.54) is 12.8 Å². The van der Waals surface area contributed by atoms with E-state index in [2.05, 4.69) is 55.4 Å². The number of carbonyl (C=O) groups excluding carboxylic acids is 1. The van der Waals surface area contributed by atoms with Gasteiger partial charge in [-0.3, -0.25) is 4.79 Å². The van der Waals surface area contributed by atoms with Gasteiger partial charge in [-0.1, -0.05) is 54.9 Å². The Bertz CT molecular complexity index is 402. The monoisotopic (exact) mass is 324 g/mol. The summed E-state index contributed by atoms with van der Waals surface area (Å²) >= 11 is 0. The summed E-state index contributed by atoms with van der Waals surface area (Å²) in [7, 11) is 0. The van der Waals surface area contributed by atoms with Crippen molar-refractivity contribution in [2.45, 2.75) is 112 Å². The van der Waals surface area contributed by atoms with Crippen LogP contribution in [0.4, 0.5) is 0 Å². The maximum absolute atomic E-state index is 13.4. The van der Waals surface area contributed by atoms with E-state index in [0.717, 1.165) is 38.5 Å². The molecule has 1 aliphatic carbocycles. The molecule has 1 fully saturated rings. The first-order chi connectivity index (χ1) is 10.5. The predicted octanol–water partition coefficient (Wildman–Crippen LogP) is 6.52. The molecule has 0 aromatic carbocycles. The molecule has 2 heteroatoms. The highest BCUT2D eigenvalue weighted by Gasteiger charge is 2.51. The number of esters is 1. The summed E-state index contributed by atoms with van der Waals surface area (Å²) in [4.78, 5) is 13.4. The molecule has 1 unspecified atom stereocenters. The molecule has 1 rings (SSSR count). The van der Waals surface area contributed by atoms with Gasteiger partial charge >= 0.3 is 5.97 Å². The second-order valence-electron chi connectivity index (χ2n) is 9.40. The topological polar surface area (TPSA) is 26.3 Å². The van der Waals surface area contributed by atoms with Gasteiger partial charge in [0.25, 0.3) is 0 Å². The van der Waals surface area contributed by atoms with E-state index in [-0.39, 0.29) is 22.4 Å². The summed E-state index contributed by atoms with van der Waals surface area (Å²) in [6, 6.07) is 0. The highest BCUT2D eigenvalue weighted by Crippen LogP contribution is 2.51. The third kappa shape index (κ3) is 4.31. The lowest BCUT2D eigenvalue weighted by atomic mass is 9.58. The smallest absolute Gasteiger partial charge is 0.312 e. The first-order valence-corrected chi connectivity index (χ1v) is 9.71. The van der Waals surface area contributed by atoms with Crippen LogP contribution in [0.1, 0.15) is 107 Å². The summed E-state index contributed by atoms with van der Waals surface area (Å²) < 4.78 is 6.25. The van der Waals surface area contributed by atoms with E-state index in [0.29, 0.717) is 0 Å². The van der Waals surface area contributed by atoms with E-state index in [9.17, 15) is 4.79 Å². The largest absolute Gasteiger partial charge is 0.459 e.